The standard InChI is InChI=1S/C17H15BrN4O2S/c1-2-24-15-9-3-12(4-10-15)16(23)11-25-17-19-20-21-22(17)14-7-5-13(18)6-8-14/h3-10H,2,11H2,1H3. The summed E-state index contributed by atoms with van der Waals surface area (Å²) in [5, 5.41) is 12.3. The van der Waals surface area contributed by atoms with Gasteiger partial charge >= 0.3 is 0 Å². The molecule has 0 amide bonds. The van der Waals surface area contributed by atoms with Crippen molar-refractivity contribution in [3.63, 3.8) is 0 Å². The molecule has 0 spiro atoms. The van der Waals surface area contributed by atoms with Crippen LogP contribution >= 0.6 is 27.7 Å². The Morgan fingerprint density at radius 3 is 2.56 bits per heavy atom. The number of tetrazole rings is 1. The van der Waals surface area contributed by atoms with E-state index in [-0.39, 0.29) is 11.5 Å². The van der Waals surface area contributed by atoms with Crippen LogP contribution in [0.5, 0.6) is 5.75 Å². The van der Waals surface area contributed by atoms with E-state index in [1.165, 1.54) is 11.8 Å². The maximum atomic E-state index is 12.4. The highest BCUT2D eigenvalue weighted by atomic mass is 79.9. The van der Waals surface area contributed by atoms with Gasteiger partial charge in [0, 0.05) is 10.0 Å². The van der Waals surface area contributed by atoms with Crippen molar-refractivity contribution in [2.24, 2.45) is 0 Å². The molecule has 25 heavy (non-hydrogen) atoms. The Labute approximate surface area is 157 Å². The first-order chi connectivity index (χ1) is 12.2. The van der Waals surface area contributed by atoms with E-state index in [1.807, 2.05) is 31.2 Å². The lowest BCUT2D eigenvalue weighted by molar-refractivity contribution is 0.102. The number of benzene rings is 2. The number of nitrogens with zero attached hydrogens (tertiary/aromatic N) is 4. The molecular weight excluding hydrogens is 404 g/mol. The summed E-state index contributed by atoms with van der Waals surface area (Å²) < 4.78 is 7.97. The molecule has 3 aromatic rings. The molecule has 0 unspecified atom stereocenters. The Morgan fingerprint density at radius 1 is 1.16 bits per heavy atom. The van der Waals surface area contributed by atoms with Crippen molar-refractivity contribution in [1.29, 1.82) is 0 Å². The monoisotopic (exact) mass is 418 g/mol. The fraction of sp³-hybridized carbons (Fsp3) is 0.176. The average Bonchev–Trinajstić information content (AvgIpc) is 3.10. The zero-order valence-corrected chi connectivity index (χ0v) is 15.8. The molecule has 0 N–H and O–H groups in total. The highest BCUT2D eigenvalue weighted by Crippen LogP contribution is 2.21. The highest BCUT2D eigenvalue weighted by molar-refractivity contribution is 9.10. The molecule has 0 aliphatic rings. The summed E-state index contributed by atoms with van der Waals surface area (Å²) in [5.74, 6) is 1.02. The largest absolute Gasteiger partial charge is 0.494 e. The molecule has 0 aliphatic heterocycles. The van der Waals surface area contributed by atoms with Gasteiger partial charge in [0.2, 0.25) is 5.16 Å². The topological polar surface area (TPSA) is 69.9 Å². The van der Waals surface area contributed by atoms with E-state index < -0.39 is 0 Å². The van der Waals surface area contributed by atoms with Crippen LogP contribution in [0.1, 0.15) is 17.3 Å². The van der Waals surface area contributed by atoms with Crippen molar-refractivity contribution in [1.82, 2.24) is 20.2 Å². The minimum Gasteiger partial charge on any atom is -0.494 e. The van der Waals surface area contributed by atoms with Crippen molar-refractivity contribution in [2.45, 2.75) is 12.1 Å². The minimum atomic E-state index is 0.0124. The Hall–Kier alpha value is -2.19. The smallest absolute Gasteiger partial charge is 0.214 e. The summed E-state index contributed by atoms with van der Waals surface area (Å²) in [5.41, 5.74) is 1.47. The van der Waals surface area contributed by atoms with Crippen LogP contribution in [0, 0.1) is 0 Å². The number of carbonyl (C=O) groups is 1. The van der Waals surface area contributed by atoms with Gasteiger partial charge in [0.25, 0.3) is 0 Å². The third-order valence-corrected chi connectivity index (χ3v) is 4.78. The summed E-state index contributed by atoms with van der Waals surface area (Å²) in [4.78, 5) is 12.4. The molecule has 0 fully saturated rings. The zero-order chi connectivity index (χ0) is 17.6. The third-order valence-electron chi connectivity index (χ3n) is 3.33. The van der Waals surface area contributed by atoms with E-state index >= 15 is 0 Å². The lowest BCUT2D eigenvalue weighted by Gasteiger charge is -2.05. The third kappa shape index (κ3) is 4.46. The molecule has 1 aromatic heterocycles. The van der Waals surface area contributed by atoms with E-state index in [1.54, 1.807) is 28.9 Å². The number of hydrogen-bond donors (Lipinski definition) is 0. The van der Waals surface area contributed by atoms with E-state index in [0.29, 0.717) is 17.3 Å². The van der Waals surface area contributed by atoms with Crippen LogP contribution in [0.2, 0.25) is 0 Å². The van der Waals surface area contributed by atoms with Crippen molar-refractivity contribution >= 4 is 33.5 Å². The Kier molecular flexibility index (Phi) is 5.83. The maximum Gasteiger partial charge on any atom is 0.214 e. The van der Waals surface area contributed by atoms with E-state index in [2.05, 4.69) is 31.5 Å². The molecule has 0 aliphatic carbocycles. The second-order valence-electron chi connectivity index (χ2n) is 5.02. The number of Topliss-reactive ketones (excluding diaryl/α,β-unsaturated/α-hetero) is 1. The molecule has 0 radical (unpaired) electrons. The van der Waals surface area contributed by atoms with Crippen LogP contribution in [0.3, 0.4) is 0 Å². The predicted octanol–water partition coefficient (Wildman–Crippen LogP) is 3.80. The van der Waals surface area contributed by atoms with Gasteiger partial charge in [-0.3, -0.25) is 4.79 Å². The fourth-order valence-electron chi connectivity index (χ4n) is 2.13. The summed E-state index contributed by atoms with van der Waals surface area (Å²) in [6, 6.07) is 14.8. The normalized spacial score (nSPS) is 10.6. The SMILES string of the molecule is CCOc1ccc(C(=O)CSc2nnnn2-c2ccc(Br)cc2)cc1. The van der Waals surface area contributed by atoms with Crippen LogP contribution in [0.4, 0.5) is 0 Å². The van der Waals surface area contributed by atoms with Gasteiger partial charge in [-0.05, 0) is 65.9 Å². The summed E-state index contributed by atoms with van der Waals surface area (Å²) in [7, 11) is 0. The molecule has 6 nitrogen and oxygen atoms in total. The Morgan fingerprint density at radius 2 is 1.88 bits per heavy atom. The first-order valence-corrected chi connectivity index (χ1v) is 9.38. The van der Waals surface area contributed by atoms with Gasteiger partial charge in [0.15, 0.2) is 5.78 Å². The lowest BCUT2D eigenvalue weighted by Crippen LogP contribution is -2.05. The van der Waals surface area contributed by atoms with Gasteiger partial charge in [-0.15, -0.1) is 5.10 Å². The first kappa shape index (κ1) is 17.6. The molecule has 128 valence electrons. The molecule has 0 bridgehead atoms. The summed E-state index contributed by atoms with van der Waals surface area (Å²) in [6.07, 6.45) is 0. The summed E-state index contributed by atoms with van der Waals surface area (Å²) >= 11 is 4.70. The van der Waals surface area contributed by atoms with Crippen molar-refractivity contribution in [3.8, 4) is 11.4 Å². The summed E-state index contributed by atoms with van der Waals surface area (Å²) in [6.45, 7) is 2.52. The van der Waals surface area contributed by atoms with Crippen LogP contribution in [-0.4, -0.2) is 38.4 Å². The number of rotatable bonds is 7. The Bertz CT molecular complexity index is 850. The lowest BCUT2D eigenvalue weighted by atomic mass is 10.1. The number of ketones is 1. The number of halogens is 1. The molecule has 0 atom stereocenters. The fourth-order valence-corrected chi connectivity index (χ4v) is 3.18. The zero-order valence-electron chi connectivity index (χ0n) is 13.4. The predicted molar refractivity (Wildman–Crippen MR) is 99.5 cm³/mol. The van der Waals surface area contributed by atoms with E-state index in [0.717, 1.165) is 15.9 Å². The molecule has 0 saturated carbocycles. The average molecular weight is 419 g/mol. The van der Waals surface area contributed by atoms with E-state index in [4.69, 9.17) is 4.74 Å². The Balaban J connectivity index is 1.66. The van der Waals surface area contributed by atoms with Gasteiger partial charge in [0.05, 0.1) is 18.0 Å². The van der Waals surface area contributed by atoms with Gasteiger partial charge < -0.3 is 4.74 Å². The second-order valence-corrected chi connectivity index (χ2v) is 6.88. The second kappa shape index (κ2) is 8.26. The van der Waals surface area contributed by atoms with Crippen LogP contribution < -0.4 is 4.74 Å². The number of thioether (sulfide) groups is 1. The number of ether oxygens (including phenoxy) is 1. The van der Waals surface area contributed by atoms with Gasteiger partial charge in [-0.2, -0.15) is 4.68 Å². The molecule has 3 rings (SSSR count). The van der Waals surface area contributed by atoms with Crippen molar-refractivity contribution < 1.29 is 9.53 Å². The van der Waals surface area contributed by atoms with Crippen LogP contribution in [0.25, 0.3) is 5.69 Å². The minimum absolute atomic E-state index is 0.0124. The number of carbonyl (C=O) groups excluding carboxylic acids is 1. The van der Waals surface area contributed by atoms with Crippen LogP contribution in [-0.2, 0) is 0 Å². The van der Waals surface area contributed by atoms with Gasteiger partial charge in [-0.1, -0.05) is 27.7 Å². The molecule has 2 aromatic carbocycles. The molecular formula is C17H15BrN4O2S. The van der Waals surface area contributed by atoms with Crippen LogP contribution in [0.15, 0.2) is 58.2 Å². The van der Waals surface area contributed by atoms with Crippen molar-refractivity contribution in [2.75, 3.05) is 12.4 Å². The molecule has 8 heteroatoms. The number of hydrogen-bond acceptors (Lipinski definition) is 6. The van der Waals surface area contributed by atoms with Gasteiger partial charge in [0.1, 0.15) is 5.75 Å². The number of aromatic nitrogens is 4. The van der Waals surface area contributed by atoms with Gasteiger partial charge in [-0.25, -0.2) is 0 Å². The molecule has 1 heterocycles. The quantitative estimate of drug-likeness (QED) is 0.429. The van der Waals surface area contributed by atoms with E-state index in [9.17, 15) is 4.79 Å². The highest BCUT2D eigenvalue weighted by Gasteiger charge is 2.13. The van der Waals surface area contributed by atoms with Crippen molar-refractivity contribution in [3.05, 3.63) is 58.6 Å². The maximum absolute atomic E-state index is 12.4. The molecule has 0 saturated heterocycles. The first-order valence-electron chi connectivity index (χ1n) is 7.60.